The van der Waals surface area contributed by atoms with E-state index < -0.39 is 0 Å². The Hall–Kier alpha value is -1.83. The maximum Gasteiger partial charge on any atom is 0.244 e. The first-order chi connectivity index (χ1) is 9.70. The monoisotopic (exact) mass is 269 g/mol. The van der Waals surface area contributed by atoms with Crippen molar-refractivity contribution in [2.75, 3.05) is 0 Å². The number of carbonyl (C=O) groups is 1. The third-order valence-electron chi connectivity index (χ3n) is 3.78. The molecule has 2 rings (SSSR count). The molecule has 1 unspecified atom stereocenters. The predicted molar refractivity (Wildman–Crippen MR) is 83.6 cm³/mol. The Morgan fingerprint density at radius 2 is 1.95 bits per heavy atom. The standard InChI is InChI=1S/C18H23NO/c1-3-4-5-10-18(20)19-14(2)16-12-11-15-8-6-7-9-17(15)13-16/h3-5,10-14H,6-9H2,1-2H3,(H,19,20)/b4-3+,10-5+. The molecule has 0 radical (unpaired) electrons. The van der Waals surface area contributed by atoms with Gasteiger partial charge in [0.25, 0.3) is 0 Å². The van der Waals surface area contributed by atoms with Crippen molar-refractivity contribution in [3.8, 4) is 0 Å². The number of amides is 1. The molecule has 106 valence electrons. The highest BCUT2D eigenvalue weighted by Crippen LogP contribution is 2.24. The fourth-order valence-electron chi connectivity index (χ4n) is 2.62. The van der Waals surface area contributed by atoms with Crippen molar-refractivity contribution in [2.45, 2.75) is 45.6 Å². The van der Waals surface area contributed by atoms with Crippen molar-refractivity contribution in [3.63, 3.8) is 0 Å². The minimum atomic E-state index is -0.0479. The summed E-state index contributed by atoms with van der Waals surface area (Å²) in [5.41, 5.74) is 4.13. The second kappa shape index (κ2) is 7.09. The third-order valence-corrected chi connectivity index (χ3v) is 3.78. The van der Waals surface area contributed by atoms with Gasteiger partial charge >= 0.3 is 0 Å². The Bertz CT molecular complexity index is 528. The van der Waals surface area contributed by atoms with Gasteiger partial charge in [-0.2, -0.15) is 0 Å². The maximum atomic E-state index is 11.8. The highest BCUT2D eigenvalue weighted by molar-refractivity contribution is 5.88. The lowest BCUT2D eigenvalue weighted by Crippen LogP contribution is -2.24. The number of benzene rings is 1. The van der Waals surface area contributed by atoms with Crippen LogP contribution in [-0.2, 0) is 17.6 Å². The zero-order valence-electron chi connectivity index (χ0n) is 12.4. The lowest BCUT2D eigenvalue weighted by atomic mass is 9.89. The fourth-order valence-corrected chi connectivity index (χ4v) is 2.62. The van der Waals surface area contributed by atoms with E-state index in [1.165, 1.54) is 42.4 Å². The minimum Gasteiger partial charge on any atom is -0.346 e. The molecule has 0 aromatic heterocycles. The van der Waals surface area contributed by atoms with Crippen LogP contribution in [-0.4, -0.2) is 5.91 Å². The van der Waals surface area contributed by atoms with Crippen molar-refractivity contribution in [3.05, 3.63) is 59.2 Å². The number of hydrogen-bond acceptors (Lipinski definition) is 1. The topological polar surface area (TPSA) is 29.1 Å². The summed E-state index contributed by atoms with van der Waals surface area (Å²) in [5.74, 6) is -0.0479. The van der Waals surface area contributed by atoms with Gasteiger partial charge in [0.15, 0.2) is 0 Å². The number of carbonyl (C=O) groups excluding carboxylic acids is 1. The summed E-state index contributed by atoms with van der Waals surface area (Å²) >= 11 is 0. The number of allylic oxidation sites excluding steroid dienone is 3. The Morgan fingerprint density at radius 1 is 1.20 bits per heavy atom. The van der Waals surface area contributed by atoms with Crippen LogP contribution in [0, 0.1) is 0 Å². The lowest BCUT2D eigenvalue weighted by Gasteiger charge is -2.19. The van der Waals surface area contributed by atoms with Crippen molar-refractivity contribution < 1.29 is 4.79 Å². The quantitative estimate of drug-likeness (QED) is 0.652. The summed E-state index contributed by atoms with van der Waals surface area (Å²) in [6.07, 6.45) is 12.0. The van der Waals surface area contributed by atoms with E-state index in [-0.39, 0.29) is 11.9 Å². The normalized spacial score (nSPS) is 16.3. The summed E-state index contributed by atoms with van der Waals surface area (Å²) in [7, 11) is 0. The molecular formula is C18H23NO. The van der Waals surface area contributed by atoms with E-state index in [0.717, 1.165) is 0 Å². The van der Waals surface area contributed by atoms with Crippen molar-refractivity contribution in [2.24, 2.45) is 0 Å². The second-order valence-corrected chi connectivity index (χ2v) is 5.35. The molecule has 0 saturated carbocycles. The molecule has 0 aliphatic heterocycles. The number of nitrogens with one attached hydrogen (secondary N) is 1. The Kier molecular flexibility index (Phi) is 5.16. The number of fused-ring (bicyclic) bond motifs is 1. The molecule has 1 N–H and O–H groups in total. The van der Waals surface area contributed by atoms with Crippen LogP contribution in [0.1, 0.15) is 49.4 Å². The van der Waals surface area contributed by atoms with Crippen LogP contribution in [0.4, 0.5) is 0 Å². The van der Waals surface area contributed by atoms with Gasteiger partial charge in [-0.15, -0.1) is 0 Å². The van der Waals surface area contributed by atoms with Crippen LogP contribution < -0.4 is 5.32 Å². The Labute approximate surface area is 121 Å². The Balaban J connectivity index is 2.02. The first-order valence-corrected chi connectivity index (χ1v) is 7.42. The molecule has 1 atom stereocenters. The second-order valence-electron chi connectivity index (χ2n) is 5.35. The maximum absolute atomic E-state index is 11.8. The molecule has 1 aliphatic carbocycles. The van der Waals surface area contributed by atoms with Gasteiger partial charge in [-0.1, -0.05) is 36.4 Å². The summed E-state index contributed by atoms with van der Waals surface area (Å²) in [6.45, 7) is 3.96. The van der Waals surface area contributed by atoms with Crippen molar-refractivity contribution >= 4 is 5.91 Å². The zero-order chi connectivity index (χ0) is 14.4. The molecule has 1 aromatic carbocycles. The molecule has 2 heteroatoms. The molecular weight excluding hydrogens is 246 g/mol. The van der Waals surface area contributed by atoms with Crippen LogP contribution in [0.2, 0.25) is 0 Å². The van der Waals surface area contributed by atoms with Crippen LogP contribution in [0.25, 0.3) is 0 Å². The molecule has 0 saturated heterocycles. The van der Waals surface area contributed by atoms with Crippen LogP contribution in [0.15, 0.2) is 42.5 Å². The van der Waals surface area contributed by atoms with Gasteiger partial charge < -0.3 is 5.32 Å². The van der Waals surface area contributed by atoms with Gasteiger partial charge in [0, 0.05) is 6.08 Å². The van der Waals surface area contributed by atoms with Gasteiger partial charge in [0.1, 0.15) is 0 Å². The van der Waals surface area contributed by atoms with E-state index in [2.05, 4.69) is 23.5 Å². The third kappa shape index (κ3) is 3.83. The highest BCUT2D eigenvalue weighted by Gasteiger charge is 2.13. The summed E-state index contributed by atoms with van der Waals surface area (Å²) in [6, 6.07) is 6.67. The Morgan fingerprint density at radius 3 is 2.70 bits per heavy atom. The van der Waals surface area contributed by atoms with Crippen LogP contribution in [0.3, 0.4) is 0 Å². The van der Waals surface area contributed by atoms with E-state index in [0.29, 0.717) is 0 Å². The molecule has 0 fully saturated rings. The summed E-state index contributed by atoms with van der Waals surface area (Å²) in [4.78, 5) is 11.8. The minimum absolute atomic E-state index is 0.0463. The van der Waals surface area contributed by atoms with Gasteiger partial charge in [0.2, 0.25) is 5.91 Å². The highest BCUT2D eigenvalue weighted by atomic mass is 16.1. The fraction of sp³-hybridized carbons (Fsp3) is 0.389. The molecule has 0 spiro atoms. The van der Waals surface area contributed by atoms with E-state index >= 15 is 0 Å². The predicted octanol–water partition coefficient (Wildman–Crippen LogP) is 3.87. The van der Waals surface area contributed by atoms with Gasteiger partial charge in [-0.05, 0) is 56.2 Å². The molecule has 2 nitrogen and oxygen atoms in total. The van der Waals surface area contributed by atoms with Crippen molar-refractivity contribution in [1.29, 1.82) is 0 Å². The first kappa shape index (κ1) is 14.6. The molecule has 20 heavy (non-hydrogen) atoms. The number of rotatable bonds is 4. The SMILES string of the molecule is C/C=C/C=C/C(=O)NC(C)c1ccc2c(c1)CCCC2. The largest absolute Gasteiger partial charge is 0.346 e. The van der Waals surface area contributed by atoms with Gasteiger partial charge in [0.05, 0.1) is 6.04 Å². The molecule has 0 heterocycles. The average Bonchev–Trinajstić information content (AvgIpc) is 2.47. The van der Waals surface area contributed by atoms with Crippen LogP contribution in [0.5, 0.6) is 0 Å². The van der Waals surface area contributed by atoms with Gasteiger partial charge in [-0.25, -0.2) is 0 Å². The van der Waals surface area contributed by atoms with Crippen LogP contribution >= 0.6 is 0 Å². The number of aryl methyl sites for hydroxylation is 2. The summed E-state index contributed by atoms with van der Waals surface area (Å²) < 4.78 is 0. The van der Waals surface area contributed by atoms with E-state index in [1.807, 2.05) is 26.0 Å². The van der Waals surface area contributed by atoms with Crippen molar-refractivity contribution in [1.82, 2.24) is 5.32 Å². The molecule has 0 bridgehead atoms. The first-order valence-electron chi connectivity index (χ1n) is 7.42. The zero-order valence-corrected chi connectivity index (χ0v) is 12.4. The smallest absolute Gasteiger partial charge is 0.244 e. The average molecular weight is 269 g/mol. The molecule has 1 aliphatic rings. The van der Waals surface area contributed by atoms with E-state index in [9.17, 15) is 4.79 Å². The van der Waals surface area contributed by atoms with E-state index in [4.69, 9.17) is 0 Å². The molecule has 1 aromatic rings. The molecule has 1 amide bonds. The number of hydrogen-bond donors (Lipinski definition) is 1. The summed E-state index contributed by atoms with van der Waals surface area (Å²) in [5, 5.41) is 3.00. The lowest BCUT2D eigenvalue weighted by molar-refractivity contribution is -0.117. The van der Waals surface area contributed by atoms with E-state index in [1.54, 1.807) is 12.2 Å². The van der Waals surface area contributed by atoms with Gasteiger partial charge in [-0.3, -0.25) is 4.79 Å².